The summed E-state index contributed by atoms with van der Waals surface area (Å²) >= 11 is -0.245. The minimum atomic E-state index is -1.31. The second-order valence-electron chi connectivity index (χ2n) is 5.40. The maximum absolute atomic E-state index is 10.4. The number of carboxylic acids is 1. The van der Waals surface area contributed by atoms with E-state index in [0.29, 0.717) is 18.8 Å². The normalized spacial score (nSPS) is 9.16. The standard InChI is InChI=1S/C6H10O3.C4H6O3.2C3H7O.Al/c1-3-9-6(8)4-5(2)7;1-3(5)2-4(6)7;2*1-3(2)4;/h3-4H2,1-2H3;2H2,1H3,(H,6,7);2*3H,1-2H3;/q;;2*-1;+3/p-1. The van der Waals surface area contributed by atoms with Gasteiger partial charge in [-0.25, -0.2) is 0 Å². The van der Waals surface area contributed by atoms with Crippen LogP contribution in [0.4, 0.5) is 0 Å². The fourth-order valence-electron chi connectivity index (χ4n) is 0.873. The molecule has 0 spiro atoms. The molecule has 0 N–H and O–H groups in total. The summed E-state index contributed by atoms with van der Waals surface area (Å²) in [4.78, 5) is 39.9. The Morgan fingerprint density at radius 1 is 0.880 bits per heavy atom. The molecule has 9 heteroatoms. The Labute approximate surface area is 156 Å². The van der Waals surface area contributed by atoms with Gasteiger partial charge >= 0.3 is 69.3 Å². The molecule has 0 atom stereocenters. The third-order valence-corrected chi connectivity index (χ3v) is 3.06. The largest absolute Gasteiger partial charge is 0.466 e. The van der Waals surface area contributed by atoms with Crippen molar-refractivity contribution < 1.29 is 36.6 Å². The fourth-order valence-corrected chi connectivity index (χ4v) is 1.38. The van der Waals surface area contributed by atoms with E-state index in [2.05, 4.69) is 4.74 Å². The molecule has 0 aromatic heterocycles. The number of Topliss-reactive ketones (excluding diaryl/α,β-unsaturated/α-hetero) is 2. The van der Waals surface area contributed by atoms with Crippen molar-refractivity contribution in [3.63, 3.8) is 0 Å². The van der Waals surface area contributed by atoms with Crippen LogP contribution in [-0.4, -0.2) is 58.2 Å². The topological polar surface area (TPSA) is 119 Å². The molecule has 0 aliphatic rings. The molecule has 0 fully saturated rings. The van der Waals surface area contributed by atoms with Crippen molar-refractivity contribution in [2.75, 3.05) is 6.61 Å². The van der Waals surface area contributed by atoms with Crippen LogP contribution in [0, 0.1) is 0 Å². The third-order valence-electron chi connectivity index (χ3n) is 1.75. The summed E-state index contributed by atoms with van der Waals surface area (Å²) in [6.07, 6.45) is 0.0332. The molecule has 25 heavy (non-hydrogen) atoms. The summed E-state index contributed by atoms with van der Waals surface area (Å²) in [5.41, 5.74) is 0. The number of carbonyl (C=O) groups excluding carboxylic acids is 4. The molecular weight excluding hydrogens is 347 g/mol. The van der Waals surface area contributed by atoms with Gasteiger partial charge in [0.1, 0.15) is 18.0 Å². The first-order valence-corrected chi connectivity index (χ1v) is 8.83. The van der Waals surface area contributed by atoms with E-state index in [9.17, 15) is 24.3 Å². The van der Waals surface area contributed by atoms with Crippen molar-refractivity contribution in [1.29, 1.82) is 0 Å². The number of rotatable bonds is 9. The Hall–Kier alpha value is -1.27. The van der Waals surface area contributed by atoms with E-state index < -0.39 is 18.4 Å². The number of esters is 1. The Morgan fingerprint density at radius 3 is 1.48 bits per heavy atom. The quantitative estimate of drug-likeness (QED) is 0.326. The molecule has 0 aliphatic carbocycles. The van der Waals surface area contributed by atoms with Crippen LogP contribution in [0.3, 0.4) is 0 Å². The number of hydrogen-bond acceptors (Lipinski definition) is 8. The zero-order valence-electron chi connectivity index (χ0n) is 16.1. The average molecular weight is 376 g/mol. The van der Waals surface area contributed by atoms with Crippen LogP contribution in [0.1, 0.15) is 61.3 Å². The van der Waals surface area contributed by atoms with E-state index in [-0.39, 0.29) is 33.9 Å². The van der Waals surface area contributed by atoms with E-state index in [4.69, 9.17) is 7.58 Å². The number of ether oxygens (including phenoxy) is 1. The smallest absolute Gasteiger partial charge is 0.313 e. The molecule has 0 radical (unpaired) electrons. The maximum atomic E-state index is 10.4. The monoisotopic (exact) mass is 376 g/mol. The molecule has 8 nitrogen and oxygen atoms in total. The average Bonchev–Trinajstić information content (AvgIpc) is 2.36. The molecule has 0 bridgehead atoms. The summed E-state index contributed by atoms with van der Waals surface area (Å²) in [6, 6.07) is 0. The van der Waals surface area contributed by atoms with Crippen LogP contribution in [0.5, 0.6) is 0 Å². The van der Waals surface area contributed by atoms with E-state index in [1.165, 1.54) is 13.8 Å². The molecule has 0 aromatic carbocycles. The van der Waals surface area contributed by atoms with Crippen LogP contribution in [0.25, 0.3) is 0 Å². The summed E-state index contributed by atoms with van der Waals surface area (Å²) < 4.78 is 14.9. The summed E-state index contributed by atoms with van der Waals surface area (Å²) in [5, 5.41) is 9.48. The Morgan fingerprint density at radius 2 is 1.28 bits per heavy atom. The molecule has 0 rings (SSSR count). The van der Waals surface area contributed by atoms with Crippen LogP contribution < -0.4 is 5.11 Å². The SMILES string of the molecule is CC(=O)CC(=O)[O-].CC(C)[O][Al+][O]C(C)C.CCOC(=O)CC(C)=O. The number of ketones is 2. The molecule has 0 aromatic rings. The second-order valence-corrected chi connectivity index (χ2v) is 6.14. The van der Waals surface area contributed by atoms with E-state index >= 15 is 0 Å². The zero-order chi connectivity index (χ0) is 20.4. The van der Waals surface area contributed by atoms with Gasteiger partial charge in [-0.05, 0) is 20.8 Å². The number of carbonyl (C=O) groups is 4. The van der Waals surface area contributed by atoms with Crippen molar-refractivity contribution in [2.45, 2.75) is 73.5 Å². The van der Waals surface area contributed by atoms with Crippen LogP contribution in [-0.2, 0) is 31.5 Å². The van der Waals surface area contributed by atoms with Gasteiger partial charge < -0.3 is 14.6 Å². The van der Waals surface area contributed by atoms with Crippen molar-refractivity contribution in [3.8, 4) is 0 Å². The summed E-state index contributed by atoms with van der Waals surface area (Å²) in [5.74, 6) is -2.29. The summed E-state index contributed by atoms with van der Waals surface area (Å²) in [6.45, 7) is 12.7. The first kappa shape index (κ1) is 28.5. The second kappa shape index (κ2) is 19.1. The van der Waals surface area contributed by atoms with Gasteiger partial charge in [0, 0.05) is 12.4 Å². The van der Waals surface area contributed by atoms with Crippen molar-refractivity contribution in [3.05, 3.63) is 0 Å². The van der Waals surface area contributed by atoms with Gasteiger partial charge in [0.15, 0.2) is 0 Å². The van der Waals surface area contributed by atoms with Crippen LogP contribution >= 0.6 is 0 Å². The number of hydrogen-bond donors (Lipinski definition) is 0. The summed E-state index contributed by atoms with van der Waals surface area (Å²) in [7, 11) is 0. The van der Waals surface area contributed by atoms with E-state index in [1.54, 1.807) is 6.92 Å². The first-order chi connectivity index (χ1) is 11.4. The van der Waals surface area contributed by atoms with Crippen LogP contribution in [0.15, 0.2) is 0 Å². The molecule has 0 amide bonds. The molecule has 0 saturated heterocycles. The molecule has 0 saturated carbocycles. The number of carboxylic acid groups (broad SMARTS) is 1. The van der Waals surface area contributed by atoms with E-state index in [1.807, 2.05) is 27.7 Å². The Balaban J connectivity index is -0.000000293. The predicted molar refractivity (Wildman–Crippen MR) is 90.4 cm³/mol. The number of aliphatic carboxylic acids is 1. The molecule has 144 valence electrons. The Kier molecular flexibility index (Phi) is 21.8. The molecule has 0 unspecified atom stereocenters. The van der Waals surface area contributed by atoms with Gasteiger partial charge in [0.05, 0.1) is 6.61 Å². The van der Waals surface area contributed by atoms with Gasteiger partial charge in [-0.2, -0.15) is 0 Å². The van der Waals surface area contributed by atoms with Gasteiger partial charge in [0.25, 0.3) is 0 Å². The Bertz CT molecular complexity index is 374. The fraction of sp³-hybridized carbons (Fsp3) is 0.750. The third kappa shape index (κ3) is 39.5. The minimum Gasteiger partial charge on any atom is -0.466 e. The molecular formula is C16H29AlO8. The molecule has 0 aliphatic heterocycles. The predicted octanol–water partition coefficient (Wildman–Crippen LogP) is 0.615. The van der Waals surface area contributed by atoms with Gasteiger partial charge in [-0.15, -0.1) is 0 Å². The van der Waals surface area contributed by atoms with Crippen LogP contribution in [0.2, 0.25) is 0 Å². The van der Waals surface area contributed by atoms with Crippen molar-refractivity contribution >= 4 is 39.4 Å². The van der Waals surface area contributed by atoms with Gasteiger partial charge in [-0.3, -0.25) is 14.4 Å². The van der Waals surface area contributed by atoms with Gasteiger partial charge in [0.2, 0.25) is 0 Å². The van der Waals surface area contributed by atoms with Gasteiger partial charge in [-0.1, -0.05) is 0 Å². The van der Waals surface area contributed by atoms with E-state index in [0.717, 1.165) is 0 Å². The van der Waals surface area contributed by atoms with Crippen molar-refractivity contribution in [1.82, 2.24) is 0 Å². The van der Waals surface area contributed by atoms with Crippen molar-refractivity contribution in [2.24, 2.45) is 0 Å². The minimum absolute atomic E-state index is 0.103. The molecule has 0 heterocycles. The maximum Gasteiger partial charge on any atom is 0.313 e. The zero-order valence-corrected chi connectivity index (χ0v) is 17.3. The first-order valence-electron chi connectivity index (χ1n) is 7.89.